The van der Waals surface area contributed by atoms with Crippen LogP contribution in [0.5, 0.6) is 11.5 Å². The van der Waals surface area contributed by atoms with Gasteiger partial charge in [0.15, 0.2) is 11.5 Å². The van der Waals surface area contributed by atoms with E-state index in [1.54, 1.807) is 20.3 Å². The third-order valence-electron chi connectivity index (χ3n) is 3.38. The van der Waals surface area contributed by atoms with Crippen molar-refractivity contribution in [2.24, 2.45) is 0 Å². The second-order valence-corrected chi connectivity index (χ2v) is 5.11. The van der Waals surface area contributed by atoms with Crippen LogP contribution in [0.15, 0.2) is 23.0 Å². The Labute approximate surface area is 124 Å². The van der Waals surface area contributed by atoms with Crippen molar-refractivity contribution in [1.82, 2.24) is 9.97 Å². The molecule has 0 fully saturated rings. The molecule has 0 aliphatic carbocycles. The van der Waals surface area contributed by atoms with Gasteiger partial charge >= 0.3 is 0 Å². The molecule has 0 bridgehead atoms. The van der Waals surface area contributed by atoms with Gasteiger partial charge in [-0.15, -0.1) is 0 Å². The molecule has 5 nitrogen and oxygen atoms in total. The Balaban J connectivity index is 2.66. The number of hydrogen-bond donors (Lipinski definition) is 1. The van der Waals surface area contributed by atoms with Crippen LogP contribution in [0.1, 0.15) is 31.0 Å². The Morgan fingerprint density at radius 2 is 1.90 bits per heavy atom. The fourth-order valence-electron chi connectivity index (χ4n) is 2.48. The van der Waals surface area contributed by atoms with E-state index < -0.39 is 0 Å². The topological polar surface area (TPSA) is 64.2 Å². The van der Waals surface area contributed by atoms with Crippen LogP contribution >= 0.6 is 0 Å². The van der Waals surface area contributed by atoms with Crippen LogP contribution in [0.4, 0.5) is 0 Å². The number of nitrogens with one attached hydrogen (secondary N) is 1. The van der Waals surface area contributed by atoms with Crippen LogP contribution in [-0.2, 0) is 0 Å². The lowest BCUT2D eigenvalue weighted by molar-refractivity contribution is 0.356. The van der Waals surface area contributed by atoms with Crippen LogP contribution < -0.4 is 15.0 Å². The Morgan fingerprint density at radius 3 is 2.43 bits per heavy atom. The summed E-state index contributed by atoms with van der Waals surface area (Å²) in [6, 6.07) is 5.48. The monoisotopic (exact) mass is 288 g/mol. The minimum atomic E-state index is -0.114. The van der Waals surface area contributed by atoms with E-state index in [2.05, 4.69) is 9.97 Å². The third kappa shape index (κ3) is 2.77. The number of benzene rings is 1. The summed E-state index contributed by atoms with van der Waals surface area (Å²) in [4.78, 5) is 19.6. The number of ether oxygens (including phenoxy) is 2. The number of aryl methyl sites for hydroxylation is 1. The number of aromatic amines is 1. The molecule has 1 aromatic carbocycles. The molecule has 0 atom stereocenters. The highest BCUT2D eigenvalue weighted by Gasteiger charge is 2.17. The van der Waals surface area contributed by atoms with Crippen LogP contribution in [0.25, 0.3) is 11.4 Å². The molecule has 21 heavy (non-hydrogen) atoms. The molecule has 0 saturated heterocycles. The number of nitrogens with zero attached hydrogens (tertiary/aromatic N) is 1. The normalized spacial score (nSPS) is 10.8. The Bertz CT molecular complexity index is 705. The fourth-order valence-corrected chi connectivity index (χ4v) is 2.48. The highest BCUT2D eigenvalue weighted by molar-refractivity contribution is 5.68. The van der Waals surface area contributed by atoms with Gasteiger partial charge in [0.1, 0.15) is 5.82 Å². The Morgan fingerprint density at radius 1 is 1.19 bits per heavy atom. The van der Waals surface area contributed by atoms with Gasteiger partial charge in [0.25, 0.3) is 5.56 Å². The zero-order valence-electron chi connectivity index (χ0n) is 13.0. The van der Waals surface area contributed by atoms with E-state index >= 15 is 0 Å². The standard InChI is InChI=1S/C16H20N2O3/c1-9(2)13-10(3)17-15(18-16(13)19)11-7-6-8-12(20-4)14(11)21-5/h6-9H,1-5H3,(H,17,18,19). The predicted octanol–water partition coefficient (Wildman–Crippen LogP) is 2.89. The Kier molecular flexibility index (Phi) is 4.31. The van der Waals surface area contributed by atoms with E-state index in [9.17, 15) is 4.79 Å². The maximum absolute atomic E-state index is 12.3. The molecule has 112 valence electrons. The van der Waals surface area contributed by atoms with E-state index in [0.717, 1.165) is 5.69 Å². The molecule has 0 unspecified atom stereocenters. The van der Waals surface area contributed by atoms with Crippen LogP contribution in [0, 0.1) is 6.92 Å². The minimum Gasteiger partial charge on any atom is -0.493 e. The van der Waals surface area contributed by atoms with Crippen molar-refractivity contribution in [2.75, 3.05) is 14.2 Å². The molecule has 2 rings (SSSR count). The molecule has 0 aliphatic heterocycles. The molecule has 0 amide bonds. The second kappa shape index (κ2) is 5.99. The summed E-state index contributed by atoms with van der Waals surface area (Å²) in [6.07, 6.45) is 0. The van der Waals surface area contributed by atoms with Gasteiger partial charge in [-0.3, -0.25) is 4.79 Å². The average molecular weight is 288 g/mol. The summed E-state index contributed by atoms with van der Waals surface area (Å²) in [5, 5.41) is 0. The zero-order chi connectivity index (χ0) is 15.6. The molecule has 0 aliphatic rings. The lowest BCUT2D eigenvalue weighted by Gasteiger charge is -2.14. The summed E-state index contributed by atoms with van der Waals surface area (Å²) >= 11 is 0. The quantitative estimate of drug-likeness (QED) is 0.939. The summed E-state index contributed by atoms with van der Waals surface area (Å²) in [7, 11) is 3.14. The summed E-state index contributed by atoms with van der Waals surface area (Å²) in [6.45, 7) is 5.80. The van der Waals surface area contributed by atoms with Crippen LogP contribution in [0.2, 0.25) is 0 Å². The van der Waals surface area contributed by atoms with Crippen molar-refractivity contribution in [2.45, 2.75) is 26.7 Å². The van der Waals surface area contributed by atoms with Gasteiger partial charge in [-0.2, -0.15) is 0 Å². The summed E-state index contributed by atoms with van der Waals surface area (Å²) < 4.78 is 10.7. The van der Waals surface area contributed by atoms with Crippen molar-refractivity contribution in [3.05, 3.63) is 39.8 Å². The van der Waals surface area contributed by atoms with Crippen molar-refractivity contribution >= 4 is 0 Å². The molecule has 2 aromatic rings. The SMILES string of the molecule is COc1cccc(-c2nc(C)c(C(C)C)c(=O)[nH]2)c1OC. The van der Waals surface area contributed by atoms with E-state index in [1.807, 2.05) is 32.9 Å². The second-order valence-electron chi connectivity index (χ2n) is 5.11. The zero-order valence-corrected chi connectivity index (χ0v) is 13.0. The van der Waals surface area contributed by atoms with Gasteiger partial charge in [-0.05, 0) is 25.0 Å². The predicted molar refractivity (Wildman–Crippen MR) is 82.2 cm³/mol. The van der Waals surface area contributed by atoms with Crippen LogP contribution in [-0.4, -0.2) is 24.2 Å². The van der Waals surface area contributed by atoms with Crippen molar-refractivity contribution < 1.29 is 9.47 Å². The van der Waals surface area contributed by atoms with E-state index in [0.29, 0.717) is 28.5 Å². The molecule has 5 heteroatoms. The highest BCUT2D eigenvalue weighted by atomic mass is 16.5. The van der Waals surface area contributed by atoms with Gasteiger partial charge in [0.2, 0.25) is 0 Å². The Hall–Kier alpha value is -2.30. The first kappa shape index (κ1) is 15.1. The number of H-pyrrole nitrogens is 1. The van der Waals surface area contributed by atoms with Gasteiger partial charge < -0.3 is 14.5 Å². The van der Waals surface area contributed by atoms with Gasteiger partial charge in [0, 0.05) is 11.3 Å². The van der Waals surface area contributed by atoms with Crippen molar-refractivity contribution in [3.63, 3.8) is 0 Å². The molecule has 1 heterocycles. The number of methoxy groups -OCH3 is 2. The van der Waals surface area contributed by atoms with Gasteiger partial charge in [-0.25, -0.2) is 4.98 Å². The lowest BCUT2D eigenvalue weighted by Crippen LogP contribution is -2.18. The minimum absolute atomic E-state index is 0.114. The molecular formula is C16H20N2O3. The molecule has 1 aromatic heterocycles. The average Bonchev–Trinajstić information content (AvgIpc) is 2.44. The van der Waals surface area contributed by atoms with E-state index in [4.69, 9.17) is 9.47 Å². The van der Waals surface area contributed by atoms with E-state index in [-0.39, 0.29) is 11.5 Å². The van der Waals surface area contributed by atoms with Crippen molar-refractivity contribution in [1.29, 1.82) is 0 Å². The maximum atomic E-state index is 12.3. The molecule has 0 radical (unpaired) electrons. The number of para-hydroxylation sites is 1. The van der Waals surface area contributed by atoms with Gasteiger partial charge in [-0.1, -0.05) is 19.9 Å². The first-order valence-corrected chi connectivity index (χ1v) is 6.81. The number of aromatic nitrogens is 2. The molecule has 0 spiro atoms. The fraction of sp³-hybridized carbons (Fsp3) is 0.375. The van der Waals surface area contributed by atoms with Gasteiger partial charge in [0.05, 0.1) is 19.8 Å². The van der Waals surface area contributed by atoms with Crippen molar-refractivity contribution in [3.8, 4) is 22.9 Å². The maximum Gasteiger partial charge on any atom is 0.254 e. The number of rotatable bonds is 4. The molecule has 1 N–H and O–H groups in total. The molecule has 0 saturated carbocycles. The summed E-state index contributed by atoms with van der Waals surface area (Å²) in [5.41, 5.74) is 2.03. The smallest absolute Gasteiger partial charge is 0.254 e. The third-order valence-corrected chi connectivity index (χ3v) is 3.38. The first-order chi connectivity index (χ1) is 9.99. The number of hydrogen-bond acceptors (Lipinski definition) is 4. The lowest BCUT2D eigenvalue weighted by atomic mass is 10.0. The first-order valence-electron chi connectivity index (χ1n) is 6.81. The highest BCUT2D eigenvalue weighted by Crippen LogP contribution is 2.36. The molecular weight excluding hydrogens is 268 g/mol. The van der Waals surface area contributed by atoms with E-state index in [1.165, 1.54) is 0 Å². The largest absolute Gasteiger partial charge is 0.493 e. The summed E-state index contributed by atoms with van der Waals surface area (Å²) in [5.74, 6) is 1.77. The van der Waals surface area contributed by atoms with Crippen LogP contribution in [0.3, 0.4) is 0 Å².